The van der Waals surface area contributed by atoms with Gasteiger partial charge in [0, 0.05) is 5.56 Å². The second kappa shape index (κ2) is 5.78. The highest BCUT2D eigenvalue weighted by molar-refractivity contribution is 5.82. The Kier molecular flexibility index (Phi) is 4.08. The number of carboxylic acid groups (broad SMARTS) is 1. The largest absolute Gasteiger partial charge is 0.496 e. The first-order chi connectivity index (χ1) is 9.58. The molecule has 0 fully saturated rings. The van der Waals surface area contributed by atoms with Crippen LogP contribution in [0.4, 0.5) is 0 Å². The molecule has 3 heteroatoms. The van der Waals surface area contributed by atoms with Crippen molar-refractivity contribution in [1.29, 1.82) is 0 Å². The number of benzene rings is 2. The molecule has 1 unspecified atom stereocenters. The van der Waals surface area contributed by atoms with E-state index in [4.69, 9.17) is 4.74 Å². The van der Waals surface area contributed by atoms with Crippen LogP contribution in [0.3, 0.4) is 0 Å². The lowest BCUT2D eigenvalue weighted by molar-refractivity contribution is -0.143. The van der Waals surface area contributed by atoms with E-state index in [-0.39, 0.29) is 0 Å². The van der Waals surface area contributed by atoms with Crippen molar-refractivity contribution in [3.05, 3.63) is 65.7 Å². The number of ether oxygens (including phenoxy) is 1. The van der Waals surface area contributed by atoms with E-state index in [0.29, 0.717) is 17.7 Å². The van der Waals surface area contributed by atoms with Gasteiger partial charge in [0.15, 0.2) is 0 Å². The molecule has 2 aromatic rings. The SMILES string of the molecule is COc1ccccc1C(C)(Cc1ccccc1)C(=O)O. The molecule has 1 atom stereocenters. The minimum atomic E-state index is -1.02. The van der Waals surface area contributed by atoms with Crippen LogP contribution in [-0.4, -0.2) is 18.2 Å². The van der Waals surface area contributed by atoms with Crippen LogP contribution in [0.2, 0.25) is 0 Å². The molecular formula is C17H18O3. The van der Waals surface area contributed by atoms with Gasteiger partial charge in [0.2, 0.25) is 0 Å². The summed E-state index contributed by atoms with van der Waals surface area (Å²) in [5.74, 6) is -0.251. The summed E-state index contributed by atoms with van der Waals surface area (Å²) < 4.78 is 5.32. The Bertz CT molecular complexity index is 592. The summed E-state index contributed by atoms with van der Waals surface area (Å²) in [6, 6.07) is 16.9. The number of rotatable bonds is 5. The Labute approximate surface area is 118 Å². The van der Waals surface area contributed by atoms with Crippen molar-refractivity contribution in [3.8, 4) is 5.75 Å². The molecule has 0 aromatic heterocycles. The lowest BCUT2D eigenvalue weighted by Gasteiger charge is -2.27. The van der Waals surface area contributed by atoms with E-state index in [2.05, 4.69) is 0 Å². The summed E-state index contributed by atoms with van der Waals surface area (Å²) in [6.07, 6.45) is 0.420. The van der Waals surface area contributed by atoms with Crippen molar-refractivity contribution in [2.75, 3.05) is 7.11 Å². The lowest BCUT2D eigenvalue weighted by Crippen LogP contribution is -2.35. The normalized spacial score (nSPS) is 13.5. The first-order valence-corrected chi connectivity index (χ1v) is 6.49. The van der Waals surface area contributed by atoms with E-state index in [1.165, 1.54) is 0 Å². The smallest absolute Gasteiger partial charge is 0.314 e. The fourth-order valence-corrected chi connectivity index (χ4v) is 2.39. The van der Waals surface area contributed by atoms with E-state index in [1.807, 2.05) is 48.5 Å². The lowest BCUT2D eigenvalue weighted by atomic mass is 9.77. The standard InChI is InChI=1S/C17H18O3/c1-17(16(18)19,12-13-8-4-3-5-9-13)14-10-6-7-11-15(14)20-2/h3-11H,12H2,1-2H3,(H,18,19). The van der Waals surface area contributed by atoms with Crippen LogP contribution in [0.5, 0.6) is 5.75 Å². The summed E-state index contributed by atoms with van der Waals surface area (Å²) in [5.41, 5.74) is 0.663. The van der Waals surface area contributed by atoms with Gasteiger partial charge in [0.05, 0.1) is 12.5 Å². The van der Waals surface area contributed by atoms with Gasteiger partial charge in [-0.1, -0.05) is 48.5 Å². The highest BCUT2D eigenvalue weighted by atomic mass is 16.5. The molecule has 2 aromatic carbocycles. The van der Waals surface area contributed by atoms with E-state index < -0.39 is 11.4 Å². The first kappa shape index (κ1) is 14.1. The summed E-state index contributed by atoms with van der Waals surface area (Å²) in [7, 11) is 1.56. The van der Waals surface area contributed by atoms with Crippen molar-refractivity contribution in [3.63, 3.8) is 0 Å². The molecule has 0 aliphatic rings. The Balaban J connectivity index is 2.47. The summed E-state index contributed by atoms with van der Waals surface area (Å²) in [5, 5.41) is 9.71. The van der Waals surface area contributed by atoms with Gasteiger partial charge in [-0.3, -0.25) is 4.79 Å². The number of hydrogen-bond acceptors (Lipinski definition) is 2. The van der Waals surface area contributed by atoms with Crippen LogP contribution in [0.15, 0.2) is 54.6 Å². The number of methoxy groups -OCH3 is 1. The second-order valence-corrected chi connectivity index (χ2v) is 5.00. The third-order valence-electron chi connectivity index (χ3n) is 3.57. The number of para-hydroxylation sites is 1. The van der Waals surface area contributed by atoms with Gasteiger partial charge in [-0.15, -0.1) is 0 Å². The Morgan fingerprint density at radius 3 is 2.30 bits per heavy atom. The predicted octanol–water partition coefficient (Wildman–Crippen LogP) is 3.28. The maximum absolute atomic E-state index is 11.8. The molecule has 0 heterocycles. The van der Waals surface area contributed by atoms with Crippen LogP contribution < -0.4 is 4.74 Å². The van der Waals surface area contributed by atoms with Gasteiger partial charge in [-0.25, -0.2) is 0 Å². The highest BCUT2D eigenvalue weighted by Crippen LogP contribution is 2.35. The minimum Gasteiger partial charge on any atom is -0.496 e. The third-order valence-corrected chi connectivity index (χ3v) is 3.57. The number of aliphatic carboxylic acids is 1. The highest BCUT2D eigenvalue weighted by Gasteiger charge is 2.37. The molecule has 0 aliphatic carbocycles. The average Bonchev–Trinajstić information content (AvgIpc) is 2.48. The molecule has 0 amide bonds. The van der Waals surface area contributed by atoms with E-state index in [9.17, 15) is 9.90 Å². The van der Waals surface area contributed by atoms with Crippen molar-refractivity contribution in [1.82, 2.24) is 0 Å². The van der Waals surface area contributed by atoms with Crippen LogP contribution in [-0.2, 0) is 16.6 Å². The topological polar surface area (TPSA) is 46.5 Å². The zero-order valence-electron chi connectivity index (χ0n) is 11.7. The van der Waals surface area contributed by atoms with Gasteiger partial charge in [-0.05, 0) is 25.0 Å². The van der Waals surface area contributed by atoms with Crippen LogP contribution in [0.25, 0.3) is 0 Å². The fraction of sp³-hybridized carbons (Fsp3) is 0.235. The van der Waals surface area contributed by atoms with Gasteiger partial charge in [-0.2, -0.15) is 0 Å². The molecule has 3 nitrogen and oxygen atoms in total. The van der Waals surface area contributed by atoms with Gasteiger partial charge in [0.1, 0.15) is 5.75 Å². The minimum absolute atomic E-state index is 0.420. The molecule has 0 radical (unpaired) electrons. The van der Waals surface area contributed by atoms with Crippen molar-refractivity contribution in [2.24, 2.45) is 0 Å². The Morgan fingerprint density at radius 2 is 1.70 bits per heavy atom. The molecule has 0 saturated carbocycles. The van der Waals surface area contributed by atoms with Gasteiger partial charge in [0.25, 0.3) is 0 Å². The molecular weight excluding hydrogens is 252 g/mol. The van der Waals surface area contributed by atoms with E-state index >= 15 is 0 Å². The summed E-state index contributed by atoms with van der Waals surface area (Å²) >= 11 is 0. The Hall–Kier alpha value is -2.29. The predicted molar refractivity (Wildman–Crippen MR) is 78.1 cm³/mol. The summed E-state index contributed by atoms with van der Waals surface area (Å²) in [6.45, 7) is 1.74. The quantitative estimate of drug-likeness (QED) is 0.907. The fourth-order valence-electron chi connectivity index (χ4n) is 2.39. The monoisotopic (exact) mass is 270 g/mol. The zero-order valence-corrected chi connectivity index (χ0v) is 11.7. The second-order valence-electron chi connectivity index (χ2n) is 5.00. The maximum atomic E-state index is 11.8. The number of carbonyl (C=O) groups is 1. The van der Waals surface area contributed by atoms with Gasteiger partial charge < -0.3 is 9.84 Å². The molecule has 0 spiro atoms. The number of hydrogen-bond donors (Lipinski definition) is 1. The molecule has 1 N–H and O–H groups in total. The molecule has 0 aliphatic heterocycles. The molecule has 0 saturated heterocycles. The van der Waals surface area contributed by atoms with Gasteiger partial charge >= 0.3 is 5.97 Å². The van der Waals surface area contributed by atoms with Crippen molar-refractivity contribution >= 4 is 5.97 Å². The van der Waals surface area contributed by atoms with Crippen molar-refractivity contribution < 1.29 is 14.6 Å². The molecule has 104 valence electrons. The van der Waals surface area contributed by atoms with Crippen LogP contribution in [0.1, 0.15) is 18.1 Å². The maximum Gasteiger partial charge on any atom is 0.314 e. The van der Waals surface area contributed by atoms with E-state index in [0.717, 1.165) is 5.56 Å². The van der Waals surface area contributed by atoms with Crippen molar-refractivity contribution in [2.45, 2.75) is 18.8 Å². The third kappa shape index (κ3) is 2.67. The van der Waals surface area contributed by atoms with Crippen LogP contribution in [0, 0.1) is 0 Å². The van der Waals surface area contributed by atoms with E-state index in [1.54, 1.807) is 20.1 Å². The first-order valence-electron chi connectivity index (χ1n) is 6.49. The Morgan fingerprint density at radius 1 is 1.10 bits per heavy atom. The number of carboxylic acids is 1. The summed E-state index contributed by atoms with van der Waals surface area (Å²) in [4.78, 5) is 11.8. The molecule has 0 bridgehead atoms. The molecule has 2 rings (SSSR count). The molecule has 20 heavy (non-hydrogen) atoms. The zero-order chi connectivity index (χ0) is 14.6. The average molecular weight is 270 g/mol. The van der Waals surface area contributed by atoms with Crippen LogP contribution >= 0.6 is 0 Å².